The van der Waals surface area contributed by atoms with Crippen LogP contribution in [0, 0.1) is 0 Å². The second-order valence-electron chi connectivity index (χ2n) is 3.82. The van der Waals surface area contributed by atoms with Crippen molar-refractivity contribution >= 4 is 23.9 Å². The molecule has 0 fully saturated rings. The van der Waals surface area contributed by atoms with E-state index in [2.05, 4.69) is 20.0 Å². The topological polar surface area (TPSA) is 184 Å². The highest BCUT2D eigenvalue weighted by Crippen LogP contribution is 2.00. The van der Waals surface area contributed by atoms with Crippen molar-refractivity contribution in [3.63, 3.8) is 0 Å². The third-order valence-corrected chi connectivity index (χ3v) is 2.18. The highest BCUT2D eigenvalue weighted by molar-refractivity contribution is 5.90. The summed E-state index contributed by atoms with van der Waals surface area (Å²) >= 11 is 0. The standard InChI is InChI=1S/C10H21N7O3/c1-15-6(3-2-4-16-9(11)12)8(19)20-7(18)5-17-10(13)14/h6,15H,2-5H2,1H3,(H4,11,12,16)(H4,13,14,17)/t6-/m0/s1. The number of carbonyl (C=O) groups is 2. The normalized spacial score (nSPS) is 11.2. The van der Waals surface area contributed by atoms with E-state index in [4.69, 9.17) is 22.9 Å². The van der Waals surface area contributed by atoms with E-state index in [0.717, 1.165) is 0 Å². The van der Waals surface area contributed by atoms with Gasteiger partial charge in [0, 0.05) is 6.54 Å². The molecule has 0 bridgehead atoms. The zero-order chi connectivity index (χ0) is 15.5. The van der Waals surface area contributed by atoms with Crippen molar-refractivity contribution in [3.05, 3.63) is 0 Å². The number of guanidine groups is 2. The van der Waals surface area contributed by atoms with Gasteiger partial charge in [0.25, 0.3) is 0 Å². The van der Waals surface area contributed by atoms with E-state index in [1.165, 1.54) is 0 Å². The first kappa shape index (κ1) is 17.6. The average Bonchev–Trinajstić information content (AvgIpc) is 2.35. The van der Waals surface area contributed by atoms with Crippen molar-refractivity contribution < 1.29 is 14.3 Å². The highest BCUT2D eigenvalue weighted by Gasteiger charge is 2.20. The Kier molecular flexibility index (Phi) is 8.43. The molecule has 0 saturated heterocycles. The molecule has 20 heavy (non-hydrogen) atoms. The van der Waals surface area contributed by atoms with Gasteiger partial charge >= 0.3 is 11.9 Å². The third-order valence-electron chi connectivity index (χ3n) is 2.18. The van der Waals surface area contributed by atoms with Crippen molar-refractivity contribution in [3.8, 4) is 0 Å². The molecule has 9 N–H and O–H groups in total. The summed E-state index contributed by atoms with van der Waals surface area (Å²) in [7, 11) is 1.58. The molecule has 0 aliphatic carbocycles. The second kappa shape index (κ2) is 9.55. The summed E-state index contributed by atoms with van der Waals surface area (Å²) < 4.78 is 4.59. The summed E-state index contributed by atoms with van der Waals surface area (Å²) in [6.45, 7) is -0.0196. The number of nitrogens with one attached hydrogen (secondary N) is 1. The number of likely N-dealkylation sites (N-methyl/N-ethyl adjacent to an activating group) is 1. The molecule has 0 aromatic carbocycles. The molecule has 0 aliphatic heterocycles. The summed E-state index contributed by atoms with van der Waals surface area (Å²) in [5.41, 5.74) is 20.4. The van der Waals surface area contributed by atoms with E-state index in [0.29, 0.717) is 19.4 Å². The molecule has 0 heterocycles. The molecular formula is C10H21N7O3. The third kappa shape index (κ3) is 8.69. The van der Waals surface area contributed by atoms with Gasteiger partial charge in [-0.05, 0) is 19.9 Å². The molecule has 10 nitrogen and oxygen atoms in total. The van der Waals surface area contributed by atoms with Crippen LogP contribution >= 0.6 is 0 Å². The van der Waals surface area contributed by atoms with Gasteiger partial charge in [-0.2, -0.15) is 0 Å². The molecule has 0 spiro atoms. The van der Waals surface area contributed by atoms with Gasteiger partial charge < -0.3 is 33.0 Å². The van der Waals surface area contributed by atoms with Gasteiger partial charge in [-0.15, -0.1) is 0 Å². The molecule has 0 rings (SSSR count). The lowest BCUT2D eigenvalue weighted by Crippen LogP contribution is -2.37. The molecule has 1 atom stereocenters. The van der Waals surface area contributed by atoms with Crippen LogP contribution in [0.2, 0.25) is 0 Å². The maximum atomic E-state index is 11.7. The molecule has 10 heteroatoms. The number of nitrogens with zero attached hydrogens (tertiary/aromatic N) is 2. The largest absolute Gasteiger partial charge is 0.391 e. The monoisotopic (exact) mass is 287 g/mol. The fourth-order valence-electron chi connectivity index (χ4n) is 1.26. The Morgan fingerprint density at radius 3 is 2.25 bits per heavy atom. The molecule has 0 saturated carbocycles. The fraction of sp³-hybridized carbons (Fsp3) is 0.600. The number of hydrogen-bond donors (Lipinski definition) is 5. The number of nitrogens with two attached hydrogens (primary N) is 4. The Morgan fingerprint density at radius 2 is 1.75 bits per heavy atom. The van der Waals surface area contributed by atoms with Crippen LogP contribution in [0.4, 0.5) is 0 Å². The Balaban J connectivity index is 4.17. The molecule has 0 aromatic heterocycles. The first-order valence-corrected chi connectivity index (χ1v) is 5.89. The van der Waals surface area contributed by atoms with Gasteiger partial charge in [-0.25, -0.2) is 14.6 Å². The zero-order valence-corrected chi connectivity index (χ0v) is 11.3. The van der Waals surface area contributed by atoms with E-state index in [1.807, 2.05) is 0 Å². The minimum absolute atomic E-state index is 0.0130. The summed E-state index contributed by atoms with van der Waals surface area (Å²) in [4.78, 5) is 30.1. The van der Waals surface area contributed by atoms with Gasteiger partial charge in [0.15, 0.2) is 11.9 Å². The second-order valence-corrected chi connectivity index (χ2v) is 3.82. The predicted molar refractivity (Wildman–Crippen MR) is 74.5 cm³/mol. The van der Waals surface area contributed by atoms with Crippen LogP contribution in [0.1, 0.15) is 12.8 Å². The van der Waals surface area contributed by atoms with Crippen LogP contribution in [0.3, 0.4) is 0 Å². The molecule has 114 valence electrons. The van der Waals surface area contributed by atoms with E-state index in [1.54, 1.807) is 7.05 Å². The molecule has 0 radical (unpaired) electrons. The van der Waals surface area contributed by atoms with Crippen LogP contribution in [-0.2, 0) is 14.3 Å². The van der Waals surface area contributed by atoms with Gasteiger partial charge in [-0.1, -0.05) is 0 Å². The lowest BCUT2D eigenvalue weighted by molar-refractivity contribution is -0.160. The molecule has 0 aromatic rings. The van der Waals surface area contributed by atoms with Gasteiger partial charge in [0.1, 0.15) is 12.6 Å². The van der Waals surface area contributed by atoms with E-state index >= 15 is 0 Å². The highest BCUT2D eigenvalue weighted by atomic mass is 16.6. The van der Waals surface area contributed by atoms with Crippen LogP contribution in [-0.4, -0.2) is 50.0 Å². The van der Waals surface area contributed by atoms with E-state index < -0.39 is 24.5 Å². The summed E-state index contributed by atoms with van der Waals surface area (Å²) in [6, 6.07) is -0.632. The quantitative estimate of drug-likeness (QED) is 0.102. The van der Waals surface area contributed by atoms with Gasteiger partial charge in [0.05, 0.1) is 0 Å². The Hall–Kier alpha value is -2.36. The SMILES string of the molecule is CN[C@@H](CCCN=C(N)N)C(=O)OC(=O)CN=C(N)N. The summed E-state index contributed by atoms with van der Waals surface area (Å²) in [6.07, 6.45) is 0.974. The molecule has 0 aliphatic rings. The number of esters is 2. The summed E-state index contributed by atoms with van der Waals surface area (Å²) in [5, 5.41) is 2.74. The Bertz CT molecular complexity index is 386. The van der Waals surface area contributed by atoms with Crippen LogP contribution < -0.4 is 28.3 Å². The number of ether oxygens (including phenoxy) is 1. The van der Waals surface area contributed by atoms with Crippen LogP contribution in [0.25, 0.3) is 0 Å². The number of hydrogen-bond acceptors (Lipinski definition) is 6. The van der Waals surface area contributed by atoms with Gasteiger partial charge in [-0.3, -0.25) is 4.99 Å². The van der Waals surface area contributed by atoms with E-state index in [-0.39, 0.29) is 11.9 Å². The Labute approximate surface area is 116 Å². The number of rotatable bonds is 8. The molecular weight excluding hydrogens is 266 g/mol. The number of carbonyl (C=O) groups excluding carboxylic acids is 2. The number of aliphatic imine (C=N–C) groups is 2. The minimum atomic E-state index is -0.826. The first-order chi connectivity index (χ1) is 9.36. The molecule has 0 unspecified atom stereocenters. The maximum absolute atomic E-state index is 11.7. The lowest BCUT2D eigenvalue weighted by atomic mass is 10.1. The smallest absolute Gasteiger partial charge is 0.335 e. The van der Waals surface area contributed by atoms with Gasteiger partial charge in [0.2, 0.25) is 0 Å². The lowest BCUT2D eigenvalue weighted by Gasteiger charge is -2.13. The van der Waals surface area contributed by atoms with Crippen LogP contribution in [0.15, 0.2) is 9.98 Å². The van der Waals surface area contributed by atoms with Crippen molar-refractivity contribution in [2.24, 2.45) is 32.9 Å². The first-order valence-electron chi connectivity index (χ1n) is 5.89. The zero-order valence-electron chi connectivity index (χ0n) is 11.3. The van der Waals surface area contributed by atoms with Crippen molar-refractivity contribution in [2.75, 3.05) is 20.1 Å². The minimum Gasteiger partial charge on any atom is -0.391 e. The van der Waals surface area contributed by atoms with Crippen molar-refractivity contribution in [2.45, 2.75) is 18.9 Å². The van der Waals surface area contributed by atoms with Crippen molar-refractivity contribution in [1.29, 1.82) is 0 Å². The molecule has 0 amide bonds. The maximum Gasteiger partial charge on any atom is 0.335 e. The Morgan fingerprint density at radius 1 is 1.15 bits per heavy atom. The van der Waals surface area contributed by atoms with Crippen LogP contribution in [0.5, 0.6) is 0 Å². The van der Waals surface area contributed by atoms with Crippen molar-refractivity contribution in [1.82, 2.24) is 5.32 Å². The van der Waals surface area contributed by atoms with E-state index in [9.17, 15) is 9.59 Å². The predicted octanol–water partition coefficient (Wildman–Crippen LogP) is -3.03. The average molecular weight is 287 g/mol. The fourth-order valence-corrected chi connectivity index (χ4v) is 1.26. The summed E-state index contributed by atoms with van der Waals surface area (Å²) in [5.74, 6) is -1.79.